The standard InChI is InChI=1S/C13H21N5/c1-12(2,3)13(4,5)7-15-10-6-11(16-8-14)18-9-17-10/h6,9H,7H2,1-5H3,(H2,15,16,17,18). The Hall–Kier alpha value is -1.83. The van der Waals surface area contributed by atoms with Crippen molar-refractivity contribution in [2.75, 3.05) is 17.2 Å². The molecule has 0 saturated heterocycles. The van der Waals surface area contributed by atoms with Crippen molar-refractivity contribution in [3.05, 3.63) is 12.4 Å². The van der Waals surface area contributed by atoms with Crippen LogP contribution in [0.2, 0.25) is 0 Å². The van der Waals surface area contributed by atoms with Gasteiger partial charge in [0.25, 0.3) is 0 Å². The second-order valence-corrected chi connectivity index (χ2v) is 6.01. The molecule has 0 atom stereocenters. The molecule has 5 heteroatoms. The highest BCUT2D eigenvalue weighted by Gasteiger charge is 2.32. The third-order valence-electron chi connectivity index (χ3n) is 3.59. The molecule has 18 heavy (non-hydrogen) atoms. The number of nitrogens with zero attached hydrogens (tertiary/aromatic N) is 3. The first-order valence-corrected chi connectivity index (χ1v) is 5.97. The lowest BCUT2D eigenvalue weighted by molar-refractivity contribution is 0.148. The van der Waals surface area contributed by atoms with Crippen LogP contribution in [0, 0.1) is 22.3 Å². The third-order valence-corrected chi connectivity index (χ3v) is 3.59. The van der Waals surface area contributed by atoms with Crippen LogP contribution in [0.15, 0.2) is 12.4 Å². The summed E-state index contributed by atoms with van der Waals surface area (Å²) in [6.45, 7) is 11.9. The molecule has 98 valence electrons. The fourth-order valence-corrected chi connectivity index (χ4v) is 1.16. The molecule has 0 aliphatic rings. The Morgan fingerprint density at radius 3 is 2.33 bits per heavy atom. The van der Waals surface area contributed by atoms with E-state index in [1.165, 1.54) is 6.33 Å². The molecule has 0 aromatic carbocycles. The number of nitriles is 1. The third kappa shape index (κ3) is 3.59. The summed E-state index contributed by atoms with van der Waals surface area (Å²) in [5.74, 6) is 1.23. The zero-order chi connectivity index (χ0) is 13.8. The first-order chi connectivity index (χ1) is 8.26. The number of anilines is 2. The van der Waals surface area contributed by atoms with E-state index < -0.39 is 0 Å². The van der Waals surface area contributed by atoms with Gasteiger partial charge in [-0.05, 0) is 10.8 Å². The van der Waals surface area contributed by atoms with Crippen LogP contribution in [-0.4, -0.2) is 16.5 Å². The van der Waals surface area contributed by atoms with Gasteiger partial charge >= 0.3 is 0 Å². The number of nitrogens with one attached hydrogen (secondary N) is 2. The number of hydrogen-bond donors (Lipinski definition) is 2. The van der Waals surface area contributed by atoms with Crippen LogP contribution in [0.1, 0.15) is 34.6 Å². The van der Waals surface area contributed by atoms with Crippen LogP contribution in [0.25, 0.3) is 0 Å². The molecule has 0 saturated carbocycles. The molecule has 0 unspecified atom stereocenters. The highest BCUT2D eigenvalue weighted by Crippen LogP contribution is 2.37. The van der Waals surface area contributed by atoms with Gasteiger partial charge in [0.1, 0.15) is 18.0 Å². The van der Waals surface area contributed by atoms with E-state index in [1.807, 2.05) is 6.19 Å². The Morgan fingerprint density at radius 2 is 1.78 bits per heavy atom. The second kappa shape index (κ2) is 5.21. The van der Waals surface area contributed by atoms with E-state index in [2.05, 4.69) is 55.2 Å². The summed E-state index contributed by atoms with van der Waals surface area (Å²) >= 11 is 0. The van der Waals surface area contributed by atoms with Crippen LogP contribution in [0.4, 0.5) is 11.6 Å². The van der Waals surface area contributed by atoms with E-state index in [4.69, 9.17) is 5.26 Å². The summed E-state index contributed by atoms with van der Waals surface area (Å²) in [7, 11) is 0. The summed E-state index contributed by atoms with van der Waals surface area (Å²) in [5.41, 5.74) is 0.321. The lowest BCUT2D eigenvalue weighted by atomic mass is 9.69. The van der Waals surface area contributed by atoms with E-state index in [9.17, 15) is 0 Å². The Morgan fingerprint density at radius 1 is 1.17 bits per heavy atom. The molecule has 1 aromatic heterocycles. The van der Waals surface area contributed by atoms with E-state index in [0.717, 1.165) is 12.4 Å². The molecular weight excluding hydrogens is 226 g/mol. The Labute approximate surface area is 109 Å². The Balaban J connectivity index is 2.70. The lowest BCUT2D eigenvalue weighted by Gasteiger charge is -2.39. The predicted molar refractivity (Wildman–Crippen MR) is 73.0 cm³/mol. The number of aromatic nitrogens is 2. The van der Waals surface area contributed by atoms with Gasteiger partial charge in [-0.1, -0.05) is 34.6 Å². The van der Waals surface area contributed by atoms with Crippen LogP contribution in [0.3, 0.4) is 0 Å². The van der Waals surface area contributed by atoms with Crippen molar-refractivity contribution in [3.63, 3.8) is 0 Å². The fraction of sp³-hybridized carbons (Fsp3) is 0.615. The molecule has 0 bridgehead atoms. The van der Waals surface area contributed by atoms with Crippen molar-refractivity contribution >= 4 is 11.6 Å². The Kier molecular flexibility index (Phi) is 4.12. The van der Waals surface area contributed by atoms with Gasteiger partial charge in [-0.25, -0.2) is 9.97 Å². The summed E-state index contributed by atoms with van der Waals surface area (Å²) in [6.07, 6.45) is 3.28. The monoisotopic (exact) mass is 247 g/mol. The molecule has 5 nitrogen and oxygen atoms in total. The smallest absolute Gasteiger partial charge is 0.182 e. The van der Waals surface area contributed by atoms with Crippen LogP contribution < -0.4 is 10.6 Å². The van der Waals surface area contributed by atoms with Gasteiger partial charge in [0.2, 0.25) is 0 Å². The van der Waals surface area contributed by atoms with E-state index in [0.29, 0.717) is 5.82 Å². The minimum Gasteiger partial charge on any atom is -0.369 e. The predicted octanol–water partition coefficient (Wildman–Crippen LogP) is 2.85. The zero-order valence-corrected chi connectivity index (χ0v) is 11.7. The molecule has 0 radical (unpaired) electrons. The van der Waals surface area contributed by atoms with Crippen LogP contribution in [0.5, 0.6) is 0 Å². The first-order valence-electron chi connectivity index (χ1n) is 5.97. The van der Waals surface area contributed by atoms with Gasteiger partial charge in [0.15, 0.2) is 6.19 Å². The molecule has 0 fully saturated rings. The summed E-state index contributed by atoms with van der Waals surface area (Å²) in [6, 6.07) is 1.72. The molecular formula is C13H21N5. The lowest BCUT2D eigenvalue weighted by Crippen LogP contribution is -2.36. The average Bonchev–Trinajstić information content (AvgIpc) is 2.26. The van der Waals surface area contributed by atoms with Gasteiger partial charge in [0.05, 0.1) is 0 Å². The summed E-state index contributed by atoms with van der Waals surface area (Å²) in [5, 5.41) is 14.3. The largest absolute Gasteiger partial charge is 0.369 e. The van der Waals surface area contributed by atoms with Crippen LogP contribution in [-0.2, 0) is 0 Å². The van der Waals surface area contributed by atoms with E-state index in [1.54, 1.807) is 6.07 Å². The molecule has 0 amide bonds. The van der Waals surface area contributed by atoms with E-state index >= 15 is 0 Å². The van der Waals surface area contributed by atoms with Gasteiger partial charge in [-0.2, -0.15) is 5.26 Å². The molecule has 0 aliphatic carbocycles. The number of hydrogen-bond acceptors (Lipinski definition) is 5. The van der Waals surface area contributed by atoms with E-state index in [-0.39, 0.29) is 10.8 Å². The van der Waals surface area contributed by atoms with Crippen molar-refractivity contribution in [1.82, 2.24) is 9.97 Å². The maximum atomic E-state index is 8.53. The second-order valence-electron chi connectivity index (χ2n) is 6.01. The van der Waals surface area contributed by atoms with Gasteiger partial charge in [-0.15, -0.1) is 0 Å². The highest BCUT2D eigenvalue weighted by atomic mass is 15.1. The van der Waals surface area contributed by atoms with Gasteiger partial charge in [-0.3, -0.25) is 5.32 Å². The van der Waals surface area contributed by atoms with Crippen molar-refractivity contribution < 1.29 is 0 Å². The fourth-order valence-electron chi connectivity index (χ4n) is 1.16. The van der Waals surface area contributed by atoms with Crippen molar-refractivity contribution in [2.24, 2.45) is 10.8 Å². The van der Waals surface area contributed by atoms with Crippen molar-refractivity contribution in [3.8, 4) is 6.19 Å². The maximum Gasteiger partial charge on any atom is 0.182 e. The molecule has 2 N–H and O–H groups in total. The highest BCUT2D eigenvalue weighted by molar-refractivity contribution is 5.48. The molecule has 0 spiro atoms. The molecule has 0 aliphatic heterocycles. The quantitative estimate of drug-likeness (QED) is 0.632. The first kappa shape index (κ1) is 14.2. The average molecular weight is 247 g/mol. The zero-order valence-electron chi connectivity index (χ0n) is 11.7. The topological polar surface area (TPSA) is 73.6 Å². The summed E-state index contributed by atoms with van der Waals surface area (Å²) in [4.78, 5) is 8.07. The Bertz CT molecular complexity index is 439. The number of rotatable bonds is 4. The maximum absolute atomic E-state index is 8.53. The molecule has 1 heterocycles. The minimum atomic E-state index is 0.126. The van der Waals surface area contributed by atoms with Crippen molar-refractivity contribution in [1.29, 1.82) is 5.26 Å². The summed E-state index contributed by atoms with van der Waals surface area (Å²) < 4.78 is 0. The minimum absolute atomic E-state index is 0.126. The van der Waals surface area contributed by atoms with Crippen molar-refractivity contribution in [2.45, 2.75) is 34.6 Å². The van der Waals surface area contributed by atoms with Gasteiger partial charge < -0.3 is 5.32 Å². The normalized spacial score (nSPS) is 11.8. The molecule has 1 rings (SSSR count). The van der Waals surface area contributed by atoms with Crippen LogP contribution >= 0.6 is 0 Å². The molecule has 1 aromatic rings. The van der Waals surface area contributed by atoms with Gasteiger partial charge in [0, 0.05) is 12.6 Å². The SMILES string of the molecule is CC(C)(C)C(C)(C)CNc1cc(NC#N)ncn1.